The van der Waals surface area contributed by atoms with Crippen molar-refractivity contribution in [1.29, 1.82) is 0 Å². The van der Waals surface area contributed by atoms with E-state index >= 15 is 0 Å². The fraction of sp³-hybridized carbons (Fsp3) is 0.538. The molecule has 4 nitrogen and oxygen atoms in total. The monoisotopic (exact) mass is 269 g/mol. The summed E-state index contributed by atoms with van der Waals surface area (Å²) in [5.41, 5.74) is 1.05. The minimum Gasteiger partial charge on any atom is -0.396 e. The molecule has 1 aliphatic rings. The maximum atomic E-state index is 12.4. The molecule has 0 spiro atoms. The van der Waals surface area contributed by atoms with E-state index in [4.69, 9.17) is 5.11 Å². The molecule has 100 valence electrons. The topological polar surface area (TPSA) is 57.6 Å². The van der Waals surface area contributed by atoms with Crippen LogP contribution in [0.1, 0.15) is 18.4 Å². The number of hydrogen-bond donors (Lipinski definition) is 1. The molecule has 2 rings (SSSR count). The Hall–Kier alpha value is -0.910. The lowest BCUT2D eigenvalue weighted by Gasteiger charge is -2.16. The van der Waals surface area contributed by atoms with E-state index in [9.17, 15) is 8.42 Å². The first kappa shape index (κ1) is 13.5. The molecule has 0 saturated carbocycles. The molecule has 0 bridgehead atoms. The largest absolute Gasteiger partial charge is 0.396 e. The van der Waals surface area contributed by atoms with Gasteiger partial charge in [0.25, 0.3) is 0 Å². The molecule has 1 heterocycles. The van der Waals surface area contributed by atoms with Crippen LogP contribution in [0.3, 0.4) is 0 Å². The van der Waals surface area contributed by atoms with Crippen LogP contribution < -0.4 is 0 Å². The summed E-state index contributed by atoms with van der Waals surface area (Å²) in [6.07, 6.45) is 1.52. The zero-order chi connectivity index (χ0) is 13.2. The van der Waals surface area contributed by atoms with Gasteiger partial charge in [-0.15, -0.1) is 0 Å². The number of hydrogen-bond acceptors (Lipinski definition) is 3. The molecule has 1 unspecified atom stereocenters. The average molecular weight is 269 g/mol. The highest BCUT2D eigenvalue weighted by atomic mass is 32.2. The Bertz CT molecular complexity index is 495. The van der Waals surface area contributed by atoms with Crippen molar-refractivity contribution in [1.82, 2.24) is 4.31 Å². The van der Waals surface area contributed by atoms with Crippen LogP contribution in [0, 0.1) is 12.8 Å². The third-order valence-corrected chi connectivity index (χ3v) is 5.32. The van der Waals surface area contributed by atoms with Gasteiger partial charge in [-0.3, -0.25) is 0 Å². The molecule has 18 heavy (non-hydrogen) atoms. The van der Waals surface area contributed by atoms with E-state index in [1.165, 1.54) is 4.31 Å². The molecule has 0 aliphatic carbocycles. The van der Waals surface area contributed by atoms with Crippen molar-refractivity contribution in [2.45, 2.75) is 24.7 Å². The van der Waals surface area contributed by atoms with Crippen LogP contribution >= 0.6 is 0 Å². The standard InChI is InChI=1S/C13H19NO3S/c1-11-2-4-13(5-3-11)18(16,17)14-8-6-12(10-14)7-9-15/h2-5,12,15H,6-10H2,1H3. The van der Waals surface area contributed by atoms with E-state index in [0.717, 1.165) is 12.0 Å². The number of aliphatic hydroxyl groups excluding tert-OH is 1. The second kappa shape index (κ2) is 5.38. The van der Waals surface area contributed by atoms with Crippen molar-refractivity contribution in [2.75, 3.05) is 19.7 Å². The summed E-state index contributed by atoms with van der Waals surface area (Å²) in [5.74, 6) is 0.287. The minimum atomic E-state index is -3.35. The summed E-state index contributed by atoms with van der Waals surface area (Å²) in [4.78, 5) is 0.359. The quantitative estimate of drug-likeness (QED) is 0.898. The van der Waals surface area contributed by atoms with Crippen LogP contribution in [0.5, 0.6) is 0 Å². The molecule has 1 atom stereocenters. The number of aliphatic hydroxyl groups is 1. The lowest BCUT2D eigenvalue weighted by atomic mass is 10.1. The zero-order valence-electron chi connectivity index (χ0n) is 10.5. The lowest BCUT2D eigenvalue weighted by Crippen LogP contribution is -2.29. The Morgan fingerprint density at radius 3 is 2.61 bits per heavy atom. The van der Waals surface area contributed by atoms with Crippen LogP contribution in [-0.4, -0.2) is 37.5 Å². The molecule has 0 amide bonds. The molecular formula is C13H19NO3S. The highest BCUT2D eigenvalue weighted by Crippen LogP contribution is 2.25. The zero-order valence-corrected chi connectivity index (χ0v) is 11.4. The van der Waals surface area contributed by atoms with Crippen molar-refractivity contribution in [3.63, 3.8) is 0 Å². The molecule has 0 radical (unpaired) electrons. The molecule has 0 aromatic heterocycles. The maximum absolute atomic E-state index is 12.4. The van der Waals surface area contributed by atoms with Crippen LogP contribution in [0.2, 0.25) is 0 Å². The number of rotatable bonds is 4. The Morgan fingerprint density at radius 1 is 1.33 bits per heavy atom. The van der Waals surface area contributed by atoms with Gasteiger partial charge in [-0.25, -0.2) is 8.42 Å². The van der Waals surface area contributed by atoms with Crippen LogP contribution in [-0.2, 0) is 10.0 Å². The molecule has 1 aromatic carbocycles. The Balaban J connectivity index is 2.15. The number of aryl methyl sites for hydroxylation is 1. The lowest BCUT2D eigenvalue weighted by molar-refractivity contribution is 0.259. The summed E-state index contributed by atoms with van der Waals surface area (Å²) in [6, 6.07) is 6.94. The second-order valence-corrected chi connectivity index (χ2v) is 6.78. The summed E-state index contributed by atoms with van der Waals surface area (Å²) in [6.45, 7) is 3.14. The number of nitrogens with zero attached hydrogens (tertiary/aromatic N) is 1. The van der Waals surface area contributed by atoms with Gasteiger partial charge >= 0.3 is 0 Å². The van der Waals surface area contributed by atoms with Gasteiger partial charge < -0.3 is 5.11 Å². The van der Waals surface area contributed by atoms with Gasteiger partial charge in [0.15, 0.2) is 0 Å². The van der Waals surface area contributed by atoms with E-state index in [0.29, 0.717) is 24.4 Å². The van der Waals surface area contributed by atoms with Crippen LogP contribution in [0.25, 0.3) is 0 Å². The van der Waals surface area contributed by atoms with Gasteiger partial charge in [0.05, 0.1) is 4.90 Å². The Kier molecular flexibility index (Phi) is 4.04. The third-order valence-electron chi connectivity index (χ3n) is 3.44. The molecule has 5 heteroatoms. The summed E-state index contributed by atoms with van der Waals surface area (Å²) < 4.78 is 26.2. The number of benzene rings is 1. The molecule has 1 aliphatic heterocycles. The smallest absolute Gasteiger partial charge is 0.243 e. The van der Waals surface area contributed by atoms with Crippen LogP contribution in [0.4, 0.5) is 0 Å². The molecule has 1 N–H and O–H groups in total. The molecular weight excluding hydrogens is 250 g/mol. The highest BCUT2D eigenvalue weighted by molar-refractivity contribution is 7.89. The van der Waals surface area contributed by atoms with E-state index in [-0.39, 0.29) is 12.5 Å². The van der Waals surface area contributed by atoms with Crippen molar-refractivity contribution in [3.8, 4) is 0 Å². The predicted octanol–water partition coefficient (Wildman–Crippen LogP) is 1.39. The van der Waals surface area contributed by atoms with Gasteiger partial charge in [-0.1, -0.05) is 17.7 Å². The normalized spacial score (nSPS) is 21.3. The first-order valence-electron chi connectivity index (χ1n) is 6.21. The van der Waals surface area contributed by atoms with Gasteiger partial charge in [0.2, 0.25) is 10.0 Å². The Morgan fingerprint density at radius 2 is 2.00 bits per heavy atom. The first-order valence-corrected chi connectivity index (χ1v) is 7.65. The van der Waals surface area contributed by atoms with Crippen molar-refractivity contribution in [2.24, 2.45) is 5.92 Å². The summed E-state index contributed by atoms with van der Waals surface area (Å²) >= 11 is 0. The average Bonchev–Trinajstić information content (AvgIpc) is 2.79. The highest BCUT2D eigenvalue weighted by Gasteiger charge is 2.31. The van der Waals surface area contributed by atoms with Crippen molar-refractivity contribution in [3.05, 3.63) is 29.8 Å². The van der Waals surface area contributed by atoms with Crippen LogP contribution in [0.15, 0.2) is 29.2 Å². The van der Waals surface area contributed by atoms with Gasteiger partial charge in [0.1, 0.15) is 0 Å². The molecule has 1 saturated heterocycles. The minimum absolute atomic E-state index is 0.128. The van der Waals surface area contributed by atoms with Crippen molar-refractivity contribution >= 4 is 10.0 Å². The third kappa shape index (κ3) is 2.74. The second-order valence-electron chi connectivity index (χ2n) is 4.84. The fourth-order valence-corrected chi connectivity index (χ4v) is 3.82. The summed E-state index contributed by atoms with van der Waals surface area (Å²) in [5, 5.41) is 8.90. The van der Waals surface area contributed by atoms with Gasteiger partial charge in [0, 0.05) is 19.7 Å². The molecule has 1 aromatic rings. The predicted molar refractivity (Wildman–Crippen MR) is 69.7 cm³/mol. The summed E-state index contributed by atoms with van der Waals surface area (Å²) in [7, 11) is -3.35. The maximum Gasteiger partial charge on any atom is 0.243 e. The van der Waals surface area contributed by atoms with E-state index < -0.39 is 10.0 Å². The Labute approximate surface area is 108 Å². The van der Waals surface area contributed by atoms with E-state index in [1.807, 2.05) is 19.1 Å². The first-order chi connectivity index (χ1) is 8.54. The van der Waals surface area contributed by atoms with Crippen molar-refractivity contribution < 1.29 is 13.5 Å². The van der Waals surface area contributed by atoms with Gasteiger partial charge in [-0.05, 0) is 37.8 Å². The number of sulfonamides is 1. The van der Waals surface area contributed by atoms with E-state index in [1.54, 1.807) is 12.1 Å². The van der Waals surface area contributed by atoms with Gasteiger partial charge in [-0.2, -0.15) is 4.31 Å². The molecule has 1 fully saturated rings. The SMILES string of the molecule is Cc1ccc(S(=O)(=O)N2CCC(CCO)C2)cc1. The van der Waals surface area contributed by atoms with E-state index in [2.05, 4.69) is 0 Å². The fourth-order valence-electron chi connectivity index (χ4n) is 2.29.